The molecule has 1 saturated carbocycles. The summed E-state index contributed by atoms with van der Waals surface area (Å²) < 4.78 is 27.1. The van der Waals surface area contributed by atoms with E-state index in [-0.39, 0.29) is 70.4 Å². The van der Waals surface area contributed by atoms with E-state index in [1.165, 1.54) is 0 Å². The van der Waals surface area contributed by atoms with Crippen molar-refractivity contribution in [1.29, 1.82) is 0 Å². The normalized spacial score (nSPS) is 22.4. The first-order chi connectivity index (χ1) is 32.4. The topological polar surface area (TPSA) is 132 Å². The highest BCUT2D eigenvalue weighted by molar-refractivity contribution is 6.03. The van der Waals surface area contributed by atoms with Gasteiger partial charge in [0.2, 0.25) is 5.79 Å². The highest BCUT2D eigenvalue weighted by atomic mass is 16.7. The largest absolute Gasteiger partial charge is 0.487 e. The highest BCUT2D eigenvalue weighted by Gasteiger charge is 2.65. The fraction of sp³-hybridized carbons (Fsp3) is 0.400. The molecule has 2 heterocycles. The Kier molecular flexibility index (Phi) is 15.5. The van der Waals surface area contributed by atoms with E-state index in [0.29, 0.717) is 30.1 Å². The molecule has 0 saturated heterocycles. The van der Waals surface area contributed by atoms with Gasteiger partial charge in [0.05, 0.1) is 37.1 Å². The average Bonchev–Trinajstić information content (AvgIpc) is 3.33. The van der Waals surface area contributed by atoms with E-state index < -0.39 is 23.8 Å². The van der Waals surface area contributed by atoms with Crippen molar-refractivity contribution < 1.29 is 38.8 Å². The summed E-state index contributed by atoms with van der Waals surface area (Å²) in [6, 6.07) is 35.4. The second-order valence-electron chi connectivity index (χ2n) is 17.6. The number of rotatable bonds is 21. The molecule has 8 rings (SSSR count). The van der Waals surface area contributed by atoms with E-state index in [0.717, 1.165) is 70.1 Å². The molecule has 4 aromatic carbocycles. The molecule has 0 radical (unpaired) electrons. The molecule has 0 bridgehead atoms. The van der Waals surface area contributed by atoms with Crippen LogP contribution in [-0.4, -0.2) is 70.2 Å². The Hall–Kier alpha value is -6.01. The highest BCUT2D eigenvalue weighted by Crippen LogP contribution is 2.62. The maximum Gasteiger partial charge on any atom is 0.410 e. The van der Waals surface area contributed by atoms with Crippen LogP contribution in [0.25, 0.3) is 10.8 Å². The number of aryl methyl sites for hydroxylation is 1. The summed E-state index contributed by atoms with van der Waals surface area (Å²) >= 11 is 0. The minimum absolute atomic E-state index is 0.0476. The van der Waals surface area contributed by atoms with Gasteiger partial charge in [-0.25, -0.2) is 4.79 Å². The molecule has 2 N–H and O–H groups in total. The number of aliphatic hydroxyl groups is 2. The number of benzene rings is 4. The molecule has 6 atom stereocenters. The summed E-state index contributed by atoms with van der Waals surface area (Å²) in [4.78, 5) is 27.5. The van der Waals surface area contributed by atoms with Crippen LogP contribution in [0.3, 0.4) is 0 Å². The zero-order valence-electron chi connectivity index (χ0n) is 38.2. The Morgan fingerprint density at radius 1 is 0.924 bits per heavy atom. The van der Waals surface area contributed by atoms with E-state index in [1.54, 1.807) is 11.0 Å². The lowest BCUT2D eigenvalue weighted by molar-refractivity contribution is -0.256. The molecule has 11 heteroatoms. The van der Waals surface area contributed by atoms with Crippen molar-refractivity contribution >= 4 is 22.6 Å². The molecule has 346 valence electrons. The number of aliphatic hydroxyl groups excluding tert-OH is 2. The van der Waals surface area contributed by atoms with Gasteiger partial charge in [-0.15, -0.1) is 6.58 Å². The van der Waals surface area contributed by atoms with Gasteiger partial charge in [-0.05, 0) is 109 Å². The predicted molar refractivity (Wildman–Crippen MR) is 256 cm³/mol. The maximum atomic E-state index is 14.8. The van der Waals surface area contributed by atoms with Gasteiger partial charge in [0, 0.05) is 36.8 Å². The van der Waals surface area contributed by atoms with Crippen LogP contribution in [0.2, 0.25) is 0 Å². The molecular formula is C55H63N3O8. The number of amides is 1. The third-order valence-corrected chi connectivity index (χ3v) is 13.3. The molecular weight excluding hydrogens is 831 g/mol. The molecule has 1 amide bonds. The Labute approximate surface area is 388 Å². The van der Waals surface area contributed by atoms with Crippen LogP contribution in [0, 0.1) is 24.7 Å². The molecule has 11 nitrogen and oxygen atoms in total. The van der Waals surface area contributed by atoms with E-state index in [4.69, 9.17) is 28.9 Å². The minimum atomic E-state index is -1.45. The van der Waals surface area contributed by atoms with E-state index in [2.05, 4.69) is 48.0 Å². The molecule has 0 unspecified atom stereocenters. The number of unbranched alkanes of at least 4 members (excludes halogenated alkanes) is 2. The number of oxime groups is 1. The second kappa shape index (κ2) is 22.0. The van der Waals surface area contributed by atoms with Crippen molar-refractivity contribution in [3.8, 4) is 11.5 Å². The average molecular weight is 894 g/mol. The first-order valence-electron chi connectivity index (χ1n) is 23.6. The first kappa shape index (κ1) is 46.5. The zero-order valence-corrected chi connectivity index (χ0v) is 38.2. The number of nitrogens with zero attached hydrogens (tertiary/aromatic N) is 3. The number of carbonyl (C=O) groups excluding carboxylic acids is 1. The number of hydrogen-bond donors (Lipinski definition) is 2. The zero-order chi connectivity index (χ0) is 45.9. The summed E-state index contributed by atoms with van der Waals surface area (Å²) in [6.45, 7) is 9.14. The maximum absolute atomic E-state index is 14.8. The lowest BCUT2D eigenvalue weighted by atomic mass is 9.55. The fourth-order valence-corrected chi connectivity index (χ4v) is 10.5. The summed E-state index contributed by atoms with van der Waals surface area (Å²) in [7, 11) is 0. The first-order valence-corrected chi connectivity index (χ1v) is 23.6. The fourth-order valence-electron chi connectivity index (χ4n) is 10.5. The molecule has 1 aliphatic heterocycles. The molecule has 1 aromatic heterocycles. The molecule has 5 aromatic rings. The van der Waals surface area contributed by atoms with Gasteiger partial charge in [-0.2, -0.15) is 0 Å². The number of carbonyl (C=O) groups is 1. The second-order valence-corrected chi connectivity index (χ2v) is 17.6. The van der Waals surface area contributed by atoms with Gasteiger partial charge in [-0.1, -0.05) is 109 Å². The van der Waals surface area contributed by atoms with Gasteiger partial charge in [0.15, 0.2) is 0 Å². The van der Waals surface area contributed by atoms with E-state index >= 15 is 0 Å². The summed E-state index contributed by atoms with van der Waals surface area (Å²) in [5.41, 5.74) is 6.31. The van der Waals surface area contributed by atoms with Crippen molar-refractivity contribution in [3.05, 3.63) is 162 Å². The Morgan fingerprint density at radius 3 is 2.48 bits per heavy atom. The summed E-state index contributed by atoms with van der Waals surface area (Å²) in [5.74, 6) is -0.723. The quantitative estimate of drug-likeness (QED) is 0.0420. The molecule has 2 aliphatic carbocycles. The SMILES string of the molecule is C=CCO[C@@]12Oc3ccc(OCc4cccc(C)n4)cc3[C@H]3[C@H](CCCCO)[C@@H](CCCCO)C=C(C(=NOCc4ccccc4)C[C@@H]1N(Cc1cccc4ccccc14)C(=O)OCC)[C@H]32. The molecule has 1 fully saturated rings. The summed E-state index contributed by atoms with van der Waals surface area (Å²) in [6.07, 6.45) is 8.44. The van der Waals surface area contributed by atoms with Crippen molar-refractivity contribution in [2.45, 2.75) is 96.3 Å². The van der Waals surface area contributed by atoms with E-state index in [9.17, 15) is 15.0 Å². The number of hydrogen-bond acceptors (Lipinski definition) is 10. The van der Waals surface area contributed by atoms with Crippen LogP contribution in [0.5, 0.6) is 11.5 Å². The smallest absolute Gasteiger partial charge is 0.410 e. The van der Waals surface area contributed by atoms with Crippen LogP contribution in [0.15, 0.2) is 139 Å². The van der Waals surface area contributed by atoms with Gasteiger partial charge in [-0.3, -0.25) is 9.88 Å². The Bertz CT molecular complexity index is 2490. The van der Waals surface area contributed by atoms with Crippen LogP contribution >= 0.6 is 0 Å². The van der Waals surface area contributed by atoms with Crippen molar-refractivity contribution in [3.63, 3.8) is 0 Å². The van der Waals surface area contributed by atoms with Crippen LogP contribution in [0.4, 0.5) is 4.79 Å². The number of aromatic nitrogens is 1. The summed E-state index contributed by atoms with van der Waals surface area (Å²) in [5, 5.41) is 27.2. The monoisotopic (exact) mass is 893 g/mol. The number of allylic oxidation sites excluding steroid dienone is 1. The van der Waals surface area contributed by atoms with Gasteiger partial charge >= 0.3 is 6.09 Å². The van der Waals surface area contributed by atoms with E-state index in [1.807, 2.05) is 92.7 Å². The third kappa shape index (κ3) is 10.2. The van der Waals surface area contributed by atoms with Gasteiger partial charge in [0.25, 0.3) is 0 Å². The lowest BCUT2D eigenvalue weighted by Crippen LogP contribution is -2.70. The number of fused-ring (bicyclic) bond motifs is 3. The molecule has 3 aliphatic rings. The Balaban J connectivity index is 1.33. The Morgan fingerprint density at radius 2 is 1.70 bits per heavy atom. The third-order valence-electron chi connectivity index (χ3n) is 13.3. The van der Waals surface area contributed by atoms with Crippen LogP contribution in [0.1, 0.15) is 85.9 Å². The van der Waals surface area contributed by atoms with Gasteiger partial charge in [0.1, 0.15) is 30.8 Å². The van der Waals surface area contributed by atoms with Crippen molar-refractivity contribution in [1.82, 2.24) is 9.88 Å². The molecule has 66 heavy (non-hydrogen) atoms. The predicted octanol–water partition coefficient (Wildman–Crippen LogP) is 10.6. The number of ether oxygens (including phenoxy) is 4. The molecule has 0 spiro atoms. The number of pyridine rings is 1. The van der Waals surface area contributed by atoms with Gasteiger partial charge < -0.3 is 34.0 Å². The standard InChI is InChI=1S/C55H63N3O8/c1-4-31-64-55-51(58(54(61)62-5-2)35-42-23-16-22-40-20-9-10-25-45(40)42)34-49(57-65-36-39-18-7-6-8-19-39)47-32-41(21-11-13-29-59)46(26-12-14-30-60)52(53(47)55)48-33-44(27-28-50(48)66-55)63-37-43-24-15-17-38(3)56-43/h4,6-10,15-20,22-25,27-28,32-33,41,46,51-53,59-60H,1,5,11-14,21,26,29-31,34-37H2,2-3H3/t41-,46+,51-,52+,53+,55+/m0/s1. The van der Waals surface area contributed by atoms with Crippen LogP contribution in [-0.2, 0) is 34.1 Å². The lowest BCUT2D eigenvalue weighted by Gasteiger charge is -2.59. The van der Waals surface area contributed by atoms with Crippen LogP contribution < -0.4 is 9.47 Å². The minimum Gasteiger partial charge on any atom is -0.487 e. The van der Waals surface area contributed by atoms with Crippen molar-refractivity contribution in [2.24, 2.45) is 22.9 Å². The van der Waals surface area contributed by atoms with Crippen molar-refractivity contribution in [2.75, 3.05) is 26.4 Å².